The standard InChI is InChI=1S/C13H12O4/c1-2-13(14)16-8-7-15-12-9-17-11-6-4-3-5-10(11)12/h2-6,9H,1,7-8H2. The Bertz CT molecular complexity index is 527. The smallest absolute Gasteiger partial charge is 0.330 e. The zero-order chi connectivity index (χ0) is 12.1. The molecule has 88 valence electrons. The van der Waals surface area contributed by atoms with E-state index in [-0.39, 0.29) is 13.2 Å². The minimum atomic E-state index is -0.453. The number of ether oxygens (including phenoxy) is 2. The molecule has 1 aromatic heterocycles. The van der Waals surface area contributed by atoms with E-state index in [0.717, 1.165) is 17.0 Å². The van der Waals surface area contributed by atoms with Crippen molar-refractivity contribution in [2.75, 3.05) is 13.2 Å². The Kier molecular flexibility index (Phi) is 3.45. The molecule has 0 aliphatic rings. The normalized spacial score (nSPS) is 10.1. The van der Waals surface area contributed by atoms with Crippen LogP contribution in [0.1, 0.15) is 0 Å². The van der Waals surface area contributed by atoms with E-state index in [9.17, 15) is 4.79 Å². The van der Waals surface area contributed by atoms with Gasteiger partial charge >= 0.3 is 5.97 Å². The molecule has 0 N–H and O–H groups in total. The van der Waals surface area contributed by atoms with E-state index in [1.54, 1.807) is 6.26 Å². The number of furan rings is 1. The summed E-state index contributed by atoms with van der Waals surface area (Å²) >= 11 is 0. The minimum absolute atomic E-state index is 0.185. The van der Waals surface area contributed by atoms with Crippen LogP contribution in [0.3, 0.4) is 0 Å². The lowest BCUT2D eigenvalue weighted by Crippen LogP contribution is -2.09. The van der Waals surface area contributed by atoms with E-state index in [4.69, 9.17) is 13.9 Å². The molecule has 0 amide bonds. The molecule has 0 fully saturated rings. The first-order valence-electron chi connectivity index (χ1n) is 5.19. The molecule has 0 atom stereocenters. The lowest BCUT2D eigenvalue weighted by Gasteiger charge is -2.03. The lowest BCUT2D eigenvalue weighted by atomic mass is 10.2. The third-order valence-corrected chi connectivity index (χ3v) is 2.20. The number of para-hydroxylation sites is 1. The van der Waals surface area contributed by atoms with Gasteiger partial charge in [0, 0.05) is 6.08 Å². The molecule has 1 aromatic carbocycles. The average molecular weight is 232 g/mol. The number of hydrogen-bond donors (Lipinski definition) is 0. The third kappa shape index (κ3) is 2.66. The van der Waals surface area contributed by atoms with Gasteiger partial charge in [0.2, 0.25) is 0 Å². The maximum Gasteiger partial charge on any atom is 0.330 e. The third-order valence-electron chi connectivity index (χ3n) is 2.20. The first-order chi connectivity index (χ1) is 8.31. The largest absolute Gasteiger partial charge is 0.486 e. The molecule has 0 spiro atoms. The van der Waals surface area contributed by atoms with E-state index in [2.05, 4.69) is 6.58 Å². The molecule has 0 aliphatic heterocycles. The van der Waals surface area contributed by atoms with Crippen molar-refractivity contribution in [3.8, 4) is 5.75 Å². The van der Waals surface area contributed by atoms with Crippen LogP contribution in [-0.2, 0) is 9.53 Å². The summed E-state index contributed by atoms with van der Waals surface area (Å²) in [7, 11) is 0. The van der Waals surface area contributed by atoms with Gasteiger partial charge in [0.05, 0.1) is 5.39 Å². The second kappa shape index (κ2) is 5.21. The summed E-state index contributed by atoms with van der Waals surface area (Å²) in [5, 5.41) is 0.905. The summed E-state index contributed by atoms with van der Waals surface area (Å²) in [6, 6.07) is 7.56. The molecular formula is C13H12O4. The second-order valence-electron chi connectivity index (χ2n) is 3.32. The van der Waals surface area contributed by atoms with Crippen LogP contribution in [0.25, 0.3) is 11.0 Å². The summed E-state index contributed by atoms with van der Waals surface area (Å²) in [5.41, 5.74) is 0.769. The van der Waals surface area contributed by atoms with Gasteiger partial charge in [-0.25, -0.2) is 4.79 Å². The van der Waals surface area contributed by atoms with Gasteiger partial charge in [0.25, 0.3) is 0 Å². The van der Waals surface area contributed by atoms with Gasteiger partial charge in [-0.1, -0.05) is 18.7 Å². The highest BCUT2D eigenvalue weighted by Crippen LogP contribution is 2.27. The topological polar surface area (TPSA) is 48.7 Å². The summed E-state index contributed by atoms with van der Waals surface area (Å²) in [6.45, 7) is 3.77. The summed E-state index contributed by atoms with van der Waals surface area (Å²) in [4.78, 5) is 10.8. The molecule has 0 unspecified atom stereocenters. The highest BCUT2D eigenvalue weighted by atomic mass is 16.6. The molecule has 0 radical (unpaired) electrons. The molecule has 0 bridgehead atoms. The maximum absolute atomic E-state index is 10.8. The van der Waals surface area contributed by atoms with Gasteiger partial charge in [-0.15, -0.1) is 0 Å². The zero-order valence-electron chi connectivity index (χ0n) is 9.22. The van der Waals surface area contributed by atoms with E-state index in [0.29, 0.717) is 5.75 Å². The van der Waals surface area contributed by atoms with Crippen molar-refractivity contribution in [2.24, 2.45) is 0 Å². The maximum atomic E-state index is 10.8. The van der Waals surface area contributed by atoms with Crippen molar-refractivity contribution < 1.29 is 18.7 Å². The van der Waals surface area contributed by atoms with E-state index >= 15 is 0 Å². The first kappa shape index (κ1) is 11.3. The van der Waals surface area contributed by atoms with Crippen molar-refractivity contribution in [2.45, 2.75) is 0 Å². The van der Waals surface area contributed by atoms with Crippen molar-refractivity contribution in [1.29, 1.82) is 0 Å². The summed E-state index contributed by atoms with van der Waals surface area (Å²) in [5.74, 6) is 0.195. The number of benzene rings is 1. The van der Waals surface area contributed by atoms with Crippen LogP contribution < -0.4 is 4.74 Å². The fourth-order valence-corrected chi connectivity index (χ4v) is 1.42. The highest BCUT2D eigenvalue weighted by molar-refractivity contribution is 5.83. The second-order valence-corrected chi connectivity index (χ2v) is 3.32. The van der Waals surface area contributed by atoms with Crippen molar-refractivity contribution in [3.63, 3.8) is 0 Å². The number of carbonyl (C=O) groups is 1. The van der Waals surface area contributed by atoms with Crippen LogP contribution in [0.4, 0.5) is 0 Å². The van der Waals surface area contributed by atoms with Gasteiger partial charge in [0.1, 0.15) is 25.1 Å². The van der Waals surface area contributed by atoms with Crippen LogP contribution in [0.5, 0.6) is 5.75 Å². The molecule has 17 heavy (non-hydrogen) atoms. The predicted molar refractivity (Wildman–Crippen MR) is 62.9 cm³/mol. The average Bonchev–Trinajstić information content (AvgIpc) is 2.78. The van der Waals surface area contributed by atoms with Crippen molar-refractivity contribution in [1.82, 2.24) is 0 Å². The van der Waals surface area contributed by atoms with Gasteiger partial charge in [-0.3, -0.25) is 0 Å². The zero-order valence-corrected chi connectivity index (χ0v) is 9.22. The summed E-state index contributed by atoms with van der Waals surface area (Å²) < 4.78 is 15.5. The number of fused-ring (bicyclic) bond motifs is 1. The number of carbonyl (C=O) groups excluding carboxylic acids is 1. The van der Waals surface area contributed by atoms with E-state index < -0.39 is 5.97 Å². The quantitative estimate of drug-likeness (QED) is 0.451. The van der Waals surface area contributed by atoms with Crippen LogP contribution in [0.2, 0.25) is 0 Å². The van der Waals surface area contributed by atoms with E-state index in [1.165, 1.54) is 0 Å². The Morgan fingerprint density at radius 3 is 3.00 bits per heavy atom. The molecule has 0 saturated carbocycles. The van der Waals surface area contributed by atoms with Crippen molar-refractivity contribution in [3.05, 3.63) is 43.2 Å². The Hall–Kier alpha value is -2.23. The molecular weight excluding hydrogens is 220 g/mol. The number of rotatable bonds is 5. The minimum Gasteiger partial charge on any atom is -0.486 e. The monoisotopic (exact) mass is 232 g/mol. The Balaban J connectivity index is 1.91. The molecule has 4 heteroatoms. The Morgan fingerprint density at radius 1 is 1.35 bits per heavy atom. The molecule has 0 saturated heterocycles. The molecule has 4 nitrogen and oxygen atoms in total. The van der Waals surface area contributed by atoms with Gasteiger partial charge in [0.15, 0.2) is 5.75 Å². The molecule has 2 aromatic rings. The van der Waals surface area contributed by atoms with Gasteiger partial charge in [-0.2, -0.15) is 0 Å². The van der Waals surface area contributed by atoms with E-state index in [1.807, 2.05) is 24.3 Å². The molecule has 0 aliphatic carbocycles. The summed E-state index contributed by atoms with van der Waals surface area (Å²) in [6.07, 6.45) is 2.66. The Morgan fingerprint density at radius 2 is 2.18 bits per heavy atom. The fraction of sp³-hybridized carbons (Fsp3) is 0.154. The van der Waals surface area contributed by atoms with Crippen LogP contribution in [-0.4, -0.2) is 19.2 Å². The Labute approximate surface area is 98.4 Å². The highest BCUT2D eigenvalue weighted by Gasteiger charge is 2.05. The van der Waals surface area contributed by atoms with Crippen LogP contribution in [0, 0.1) is 0 Å². The van der Waals surface area contributed by atoms with Crippen molar-refractivity contribution >= 4 is 16.9 Å². The SMILES string of the molecule is C=CC(=O)OCCOc1coc2ccccc12. The lowest BCUT2D eigenvalue weighted by molar-refractivity contribution is -0.138. The number of hydrogen-bond acceptors (Lipinski definition) is 4. The predicted octanol–water partition coefficient (Wildman–Crippen LogP) is 2.54. The van der Waals surface area contributed by atoms with Gasteiger partial charge < -0.3 is 13.9 Å². The number of esters is 1. The van der Waals surface area contributed by atoms with Gasteiger partial charge in [-0.05, 0) is 12.1 Å². The first-order valence-corrected chi connectivity index (χ1v) is 5.19. The fourth-order valence-electron chi connectivity index (χ4n) is 1.42. The molecule has 1 heterocycles. The van der Waals surface area contributed by atoms with Crippen LogP contribution >= 0.6 is 0 Å². The molecule has 2 rings (SSSR count). The van der Waals surface area contributed by atoms with Crippen LogP contribution in [0.15, 0.2) is 47.6 Å².